The van der Waals surface area contributed by atoms with Crippen LogP contribution in [0.2, 0.25) is 0 Å². The number of imidazole rings is 2. The van der Waals surface area contributed by atoms with Crippen molar-refractivity contribution in [1.82, 2.24) is 35.1 Å². The number of hydrogen-bond acceptors (Lipinski definition) is 8. The molecule has 4 heterocycles. The molecular formula is C43H51N7O6. The Morgan fingerprint density at radius 1 is 0.786 bits per heavy atom. The first kappa shape index (κ1) is 38.6. The first-order valence-corrected chi connectivity index (χ1v) is 19.3. The van der Waals surface area contributed by atoms with Crippen LogP contribution in [0.15, 0.2) is 73.1 Å². The number of carbonyl (C=O) groups is 3. The van der Waals surface area contributed by atoms with Gasteiger partial charge in [-0.15, -0.1) is 0 Å². The highest BCUT2D eigenvalue weighted by Gasteiger charge is 2.39. The molecule has 13 heteroatoms. The average Bonchev–Trinajstić information content (AvgIpc) is 4.02. The summed E-state index contributed by atoms with van der Waals surface area (Å²) >= 11 is 0. The van der Waals surface area contributed by atoms with Crippen molar-refractivity contribution in [2.75, 3.05) is 33.9 Å². The molecule has 4 atom stereocenters. The van der Waals surface area contributed by atoms with Crippen LogP contribution < -0.4 is 5.32 Å². The molecular weight excluding hydrogens is 711 g/mol. The van der Waals surface area contributed by atoms with Crippen LogP contribution >= 0.6 is 0 Å². The molecule has 0 aliphatic carbocycles. The number of nitrogens with zero attached hydrogens (tertiary/aromatic N) is 4. The molecule has 5 aromatic rings. The monoisotopic (exact) mass is 761 g/mol. The second-order valence-electron chi connectivity index (χ2n) is 15.8. The SMILES string of the molecule is COCC(C)C(NC(=O)OC)C(=O)N1CCCC1c1ncc(-c2ccc(-c3ccc4cc(-c5cnc(C6CCCN6C(=O)OC(C)(C)C)[nH]5)ccc4c3)cc2)[nH]1. The van der Waals surface area contributed by atoms with Crippen LogP contribution in [-0.2, 0) is 19.0 Å². The number of nitrogens with one attached hydrogen (secondary N) is 3. The zero-order chi connectivity index (χ0) is 39.6. The fraction of sp³-hybridized carbons (Fsp3) is 0.419. The molecule has 2 fully saturated rings. The normalized spacial score (nSPS) is 18.2. The van der Waals surface area contributed by atoms with E-state index in [0.717, 1.165) is 75.9 Å². The Kier molecular flexibility index (Phi) is 11.2. The van der Waals surface area contributed by atoms with Gasteiger partial charge in [0.15, 0.2) is 0 Å². The number of carbonyl (C=O) groups excluding carboxylic acids is 3. The Morgan fingerprint density at radius 3 is 1.93 bits per heavy atom. The minimum Gasteiger partial charge on any atom is -0.453 e. The van der Waals surface area contributed by atoms with Gasteiger partial charge in [0.1, 0.15) is 23.3 Å². The van der Waals surface area contributed by atoms with Gasteiger partial charge in [-0.3, -0.25) is 9.69 Å². The summed E-state index contributed by atoms with van der Waals surface area (Å²) in [6, 6.07) is 20.0. The molecule has 3 N–H and O–H groups in total. The number of benzene rings is 3. The third kappa shape index (κ3) is 8.28. The molecule has 0 bridgehead atoms. The van der Waals surface area contributed by atoms with Crippen LogP contribution in [0.25, 0.3) is 44.4 Å². The van der Waals surface area contributed by atoms with E-state index in [-0.39, 0.29) is 30.0 Å². The number of hydrogen-bond donors (Lipinski definition) is 3. The van der Waals surface area contributed by atoms with Gasteiger partial charge >= 0.3 is 12.2 Å². The van der Waals surface area contributed by atoms with Gasteiger partial charge in [0.25, 0.3) is 0 Å². The van der Waals surface area contributed by atoms with Crippen LogP contribution in [0, 0.1) is 5.92 Å². The summed E-state index contributed by atoms with van der Waals surface area (Å²) in [4.78, 5) is 58.6. The number of amides is 3. The lowest BCUT2D eigenvalue weighted by molar-refractivity contribution is -0.136. The minimum atomic E-state index is -0.784. The Balaban J connectivity index is 1.03. The number of methoxy groups -OCH3 is 2. The number of aromatic amines is 2. The van der Waals surface area contributed by atoms with Crippen LogP contribution in [0.4, 0.5) is 9.59 Å². The van der Waals surface area contributed by atoms with Crippen molar-refractivity contribution in [2.45, 2.75) is 77.1 Å². The van der Waals surface area contributed by atoms with E-state index in [2.05, 4.69) is 80.9 Å². The van der Waals surface area contributed by atoms with E-state index in [9.17, 15) is 14.4 Å². The van der Waals surface area contributed by atoms with Gasteiger partial charge in [0.2, 0.25) is 5.91 Å². The molecule has 0 saturated carbocycles. The van der Waals surface area contributed by atoms with E-state index in [1.165, 1.54) is 7.11 Å². The zero-order valence-corrected chi connectivity index (χ0v) is 32.9. The number of fused-ring (bicyclic) bond motifs is 1. The third-order valence-electron chi connectivity index (χ3n) is 10.6. The number of aromatic nitrogens is 4. The lowest BCUT2D eigenvalue weighted by Crippen LogP contribution is -2.52. The van der Waals surface area contributed by atoms with E-state index < -0.39 is 17.7 Å². The summed E-state index contributed by atoms with van der Waals surface area (Å²) in [5.74, 6) is 1.06. The molecule has 56 heavy (non-hydrogen) atoms. The Bertz CT molecular complexity index is 2190. The predicted octanol–water partition coefficient (Wildman–Crippen LogP) is 8.03. The number of ether oxygens (including phenoxy) is 3. The van der Waals surface area contributed by atoms with E-state index >= 15 is 0 Å². The van der Waals surface area contributed by atoms with Gasteiger partial charge in [-0.1, -0.05) is 55.5 Å². The number of likely N-dealkylation sites (tertiary alicyclic amines) is 2. The van der Waals surface area contributed by atoms with Crippen LogP contribution in [0.3, 0.4) is 0 Å². The highest BCUT2D eigenvalue weighted by atomic mass is 16.6. The summed E-state index contributed by atoms with van der Waals surface area (Å²) in [5, 5.41) is 4.94. The van der Waals surface area contributed by atoms with Crippen molar-refractivity contribution < 1.29 is 28.6 Å². The molecule has 2 aliphatic heterocycles. The average molecular weight is 762 g/mol. The van der Waals surface area contributed by atoms with Gasteiger partial charge in [-0.05, 0) is 86.1 Å². The van der Waals surface area contributed by atoms with Gasteiger partial charge < -0.3 is 34.4 Å². The molecule has 3 aromatic carbocycles. The summed E-state index contributed by atoms with van der Waals surface area (Å²) in [7, 11) is 2.86. The molecule has 0 radical (unpaired) electrons. The third-order valence-corrected chi connectivity index (χ3v) is 10.6. The Morgan fingerprint density at radius 2 is 1.32 bits per heavy atom. The second-order valence-corrected chi connectivity index (χ2v) is 15.8. The molecule has 7 rings (SSSR count). The summed E-state index contributed by atoms with van der Waals surface area (Å²) in [6.45, 7) is 9.05. The maximum atomic E-state index is 13.8. The highest BCUT2D eigenvalue weighted by molar-refractivity contribution is 5.91. The van der Waals surface area contributed by atoms with Gasteiger partial charge in [0, 0.05) is 31.7 Å². The van der Waals surface area contributed by atoms with Crippen molar-refractivity contribution in [2.24, 2.45) is 5.92 Å². The topological polar surface area (TPSA) is 155 Å². The van der Waals surface area contributed by atoms with Gasteiger partial charge in [0.05, 0.1) is 49.6 Å². The minimum absolute atomic E-state index is 0.136. The standard InChI is InChI=1S/C43H51N7O6/c1-26(25-54-5)37(48-41(52)55-6)40(51)49-19-7-9-35(49)38-44-23-33(46-38)28-13-11-27(12-14-28)29-15-16-31-22-32(18-17-30(31)21-29)34-24-45-39(47-34)36-10-8-20-50(36)42(53)56-43(2,3)4/h11-18,21-24,26,35-37H,7-10,19-20,25H2,1-6H3,(H,44,46)(H,45,47)(H,48,52). The molecule has 13 nitrogen and oxygen atoms in total. The molecule has 3 amide bonds. The van der Waals surface area contributed by atoms with Crippen LogP contribution in [0.5, 0.6) is 0 Å². The first-order chi connectivity index (χ1) is 26.9. The molecule has 294 valence electrons. The van der Waals surface area contributed by atoms with Crippen LogP contribution in [0.1, 0.15) is 77.1 Å². The number of alkyl carbamates (subject to hydrolysis) is 1. The first-order valence-electron chi connectivity index (χ1n) is 19.3. The molecule has 0 spiro atoms. The highest BCUT2D eigenvalue weighted by Crippen LogP contribution is 2.36. The van der Waals surface area contributed by atoms with Crippen LogP contribution in [-0.4, -0.2) is 93.4 Å². The zero-order valence-electron chi connectivity index (χ0n) is 32.9. The maximum absolute atomic E-state index is 13.8. The quantitative estimate of drug-likeness (QED) is 0.129. The summed E-state index contributed by atoms with van der Waals surface area (Å²) < 4.78 is 15.7. The molecule has 2 aromatic heterocycles. The van der Waals surface area contributed by atoms with E-state index in [1.807, 2.05) is 40.1 Å². The molecule has 2 aliphatic rings. The van der Waals surface area contributed by atoms with Gasteiger partial charge in [-0.25, -0.2) is 19.6 Å². The molecule has 2 saturated heterocycles. The second kappa shape index (κ2) is 16.2. The van der Waals surface area contributed by atoms with E-state index in [1.54, 1.807) is 16.9 Å². The van der Waals surface area contributed by atoms with Crippen molar-refractivity contribution >= 4 is 28.9 Å². The maximum Gasteiger partial charge on any atom is 0.410 e. The summed E-state index contributed by atoms with van der Waals surface area (Å²) in [6.07, 6.45) is 6.04. The number of H-pyrrole nitrogens is 2. The lowest BCUT2D eigenvalue weighted by atomic mass is 9.98. The lowest BCUT2D eigenvalue weighted by Gasteiger charge is -2.30. The fourth-order valence-electron chi connectivity index (χ4n) is 7.82. The Hall–Kier alpha value is -5.69. The van der Waals surface area contributed by atoms with Crippen molar-refractivity contribution in [3.63, 3.8) is 0 Å². The molecule has 4 unspecified atom stereocenters. The number of rotatable bonds is 10. The van der Waals surface area contributed by atoms with Crippen molar-refractivity contribution in [3.8, 4) is 33.6 Å². The van der Waals surface area contributed by atoms with E-state index in [0.29, 0.717) is 25.5 Å². The van der Waals surface area contributed by atoms with E-state index in [4.69, 9.17) is 19.2 Å². The van der Waals surface area contributed by atoms with Crippen molar-refractivity contribution in [3.05, 3.63) is 84.7 Å². The Labute approximate surface area is 327 Å². The largest absolute Gasteiger partial charge is 0.453 e. The predicted molar refractivity (Wildman–Crippen MR) is 214 cm³/mol. The smallest absolute Gasteiger partial charge is 0.410 e. The van der Waals surface area contributed by atoms with Gasteiger partial charge in [-0.2, -0.15) is 0 Å². The van der Waals surface area contributed by atoms with Crippen molar-refractivity contribution in [1.29, 1.82) is 0 Å². The summed E-state index contributed by atoms with van der Waals surface area (Å²) in [5.41, 5.74) is 5.42. The fourth-order valence-corrected chi connectivity index (χ4v) is 7.82.